The van der Waals surface area contributed by atoms with E-state index in [1.165, 1.54) is 0 Å². The molecule has 2 fully saturated rings. The standard InChI is InChI=1S/C7H12F2N2/c8-7(9)3-6(4-10)1-2-11(6)5-7/h1-5,10H2. The van der Waals surface area contributed by atoms with Gasteiger partial charge in [-0.05, 0) is 6.42 Å². The summed E-state index contributed by atoms with van der Waals surface area (Å²) in [5, 5.41) is 0. The van der Waals surface area contributed by atoms with E-state index in [1.54, 1.807) is 0 Å². The van der Waals surface area contributed by atoms with Crippen molar-refractivity contribution in [1.29, 1.82) is 0 Å². The lowest BCUT2D eigenvalue weighted by molar-refractivity contribution is 0.0128. The molecule has 0 spiro atoms. The third-order valence-electron chi connectivity index (χ3n) is 2.91. The Bertz CT molecular complexity index is 179. The van der Waals surface area contributed by atoms with Gasteiger partial charge in [0.1, 0.15) is 0 Å². The summed E-state index contributed by atoms with van der Waals surface area (Å²) in [6, 6.07) is 0. The van der Waals surface area contributed by atoms with Crippen LogP contribution in [0.3, 0.4) is 0 Å². The van der Waals surface area contributed by atoms with E-state index in [0.29, 0.717) is 6.54 Å². The Morgan fingerprint density at radius 3 is 2.45 bits per heavy atom. The summed E-state index contributed by atoms with van der Waals surface area (Å²) in [6.07, 6.45) is 0.815. The minimum absolute atomic E-state index is 0.0312. The molecule has 2 rings (SSSR count). The Labute approximate surface area is 64.3 Å². The van der Waals surface area contributed by atoms with Crippen LogP contribution in [-0.2, 0) is 0 Å². The molecule has 2 nitrogen and oxygen atoms in total. The minimum atomic E-state index is -2.49. The molecule has 2 heterocycles. The van der Waals surface area contributed by atoms with Crippen molar-refractivity contribution in [3.05, 3.63) is 0 Å². The first-order chi connectivity index (χ1) is 5.08. The molecule has 0 aromatic carbocycles. The molecular formula is C7H12F2N2. The average Bonchev–Trinajstić information content (AvgIpc) is 2.09. The summed E-state index contributed by atoms with van der Waals surface area (Å²) < 4.78 is 25.6. The number of nitrogens with zero attached hydrogens (tertiary/aromatic N) is 1. The second kappa shape index (κ2) is 1.93. The second-order valence-corrected chi connectivity index (χ2v) is 3.63. The molecular weight excluding hydrogens is 150 g/mol. The summed E-state index contributed by atoms with van der Waals surface area (Å²) in [6.45, 7) is 1.10. The Morgan fingerprint density at radius 1 is 1.45 bits per heavy atom. The minimum Gasteiger partial charge on any atom is -0.329 e. The van der Waals surface area contributed by atoms with E-state index in [2.05, 4.69) is 0 Å². The number of halogens is 2. The van der Waals surface area contributed by atoms with Gasteiger partial charge in [0.05, 0.1) is 6.54 Å². The van der Waals surface area contributed by atoms with Crippen molar-refractivity contribution in [2.45, 2.75) is 24.3 Å². The summed E-state index contributed by atoms with van der Waals surface area (Å²) in [4.78, 5) is 1.81. The zero-order valence-electron chi connectivity index (χ0n) is 6.32. The first kappa shape index (κ1) is 7.43. The van der Waals surface area contributed by atoms with E-state index in [1.807, 2.05) is 4.90 Å². The van der Waals surface area contributed by atoms with Crippen LogP contribution in [0.5, 0.6) is 0 Å². The SMILES string of the molecule is NCC12CCN1CC(F)(F)C2. The monoisotopic (exact) mass is 162 g/mol. The van der Waals surface area contributed by atoms with Gasteiger partial charge < -0.3 is 5.73 Å². The molecule has 64 valence electrons. The lowest BCUT2D eigenvalue weighted by Crippen LogP contribution is -2.59. The van der Waals surface area contributed by atoms with Gasteiger partial charge in [0.25, 0.3) is 5.92 Å². The smallest absolute Gasteiger partial charge is 0.262 e. The van der Waals surface area contributed by atoms with Crippen molar-refractivity contribution in [2.75, 3.05) is 19.6 Å². The van der Waals surface area contributed by atoms with Gasteiger partial charge in [-0.2, -0.15) is 0 Å². The Balaban J connectivity index is 2.15. The third kappa shape index (κ3) is 0.891. The van der Waals surface area contributed by atoms with Gasteiger partial charge in [0.2, 0.25) is 0 Å². The van der Waals surface area contributed by atoms with Crippen LogP contribution in [-0.4, -0.2) is 36.0 Å². The normalized spacial score (nSPS) is 41.7. The molecule has 2 aliphatic heterocycles. The lowest BCUT2D eigenvalue weighted by Gasteiger charge is -2.46. The number of nitrogens with two attached hydrogens (primary N) is 1. The number of hydrogen-bond acceptors (Lipinski definition) is 2. The van der Waals surface area contributed by atoms with Gasteiger partial charge in [0.15, 0.2) is 0 Å². The van der Waals surface area contributed by atoms with Crippen LogP contribution in [0.25, 0.3) is 0 Å². The second-order valence-electron chi connectivity index (χ2n) is 3.63. The van der Waals surface area contributed by atoms with Gasteiger partial charge >= 0.3 is 0 Å². The quantitative estimate of drug-likeness (QED) is 0.605. The summed E-state index contributed by atoms with van der Waals surface area (Å²) in [5.41, 5.74) is 5.13. The molecule has 0 aliphatic carbocycles. The average molecular weight is 162 g/mol. The van der Waals surface area contributed by atoms with E-state index < -0.39 is 5.92 Å². The molecule has 0 aromatic rings. The van der Waals surface area contributed by atoms with E-state index in [4.69, 9.17) is 5.73 Å². The predicted octanol–water partition coefficient (Wildman–Crippen LogP) is 0.429. The maximum absolute atomic E-state index is 12.8. The molecule has 2 aliphatic rings. The highest BCUT2D eigenvalue weighted by Crippen LogP contribution is 2.46. The molecule has 0 radical (unpaired) electrons. The molecule has 0 bridgehead atoms. The summed E-state index contributed by atoms with van der Waals surface area (Å²) >= 11 is 0. The molecule has 1 atom stereocenters. The zero-order chi connectivity index (χ0) is 8.11. The van der Waals surface area contributed by atoms with Crippen LogP contribution in [0, 0.1) is 0 Å². The summed E-state index contributed by atoms with van der Waals surface area (Å²) in [7, 11) is 0. The first-order valence-electron chi connectivity index (χ1n) is 3.91. The Hall–Kier alpha value is -0.220. The van der Waals surface area contributed by atoms with Crippen LogP contribution < -0.4 is 5.73 Å². The fourth-order valence-electron chi connectivity index (χ4n) is 2.15. The maximum Gasteiger partial charge on any atom is 0.262 e. The van der Waals surface area contributed by atoms with Crippen LogP contribution >= 0.6 is 0 Å². The van der Waals surface area contributed by atoms with Crippen LogP contribution in [0.15, 0.2) is 0 Å². The van der Waals surface area contributed by atoms with Crippen molar-refractivity contribution in [3.8, 4) is 0 Å². The van der Waals surface area contributed by atoms with Crippen molar-refractivity contribution in [3.63, 3.8) is 0 Å². The zero-order valence-corrected chi connectivity index (χ0v) is 6.32. The number of fused-ring (bicyclic) bond motifs is 1. The molecule has 0 aromatic heterocycles. The molecule has 0 saturated carbocycles. The largest absolute Gasteiger partial charge is 0.329 e. The van der Waals surface area contributed by atoms with E-state index >= 15 is 0 Å². The fraction of sp³-hybridized carbons (Fsp3) is 1.00. The molecule has 2 N–H and O–H groups in total. The fourth-order valence-corrected chi connectivity index (χ4v) is 2.15. The van der Waals surface area contributed by atoms with E-state index in [0.717, 1.165) is 13.0 Å². The van der Waals surface area contributed by atoms with Gasteiger partial charge in [-0.3, -0.25) is 4.90 Å². The predicted molar refractivity (Wildman–Crippen MR) is 37.5 cm³/mol. The van der Waals surface area contributed by atoms with Crippen LogP contribution in [0.4, 0.5) is 8.78 Å². The highest BCUT2D eigenvalue weighted by Gasteiger charge is 2.58. The number of hydrogen-bond donors (Lipinski definition) is 1. The van der Waals surface area contributed by atoms with Crippen molar-refractivity contribution in [1.82, 2.24) is 4.90 Å². The van der Waals surface area contributed by atoms with E-state index in [-0.39, 0.29) is 18.5 Å². The maximum atomic E-state index is 12.8. The first-order valence-corrected chi connectivity index (χ1v) is 3.91. The van der Waals surface area contributed by atoms with E-state index in [9.17, 15) is 8.78 Å². The van der Waals surface area contributed by atoms with Gasteiger partial charge in [-0.25, -0.2) is 8.78 Å². The van der Waals surface area contributed by atoms with Crippen LogP contribution in [0.2, 0.25) is 0 Å². The topological polar surface area (TPSA) is 29.3 Å². The lowest BCUT2D eigenvalue weighted by atomic mass is 9.85. The Morgan fingerprint density at radius 2 is 2.18 bits per heavy atom. The van der Waals surface area contributed by atoms with Gasteiger partial charge in [-0.15, -0.1) is 0 Å². The van der Waals surface area contributed by atoms with Crippen molar-refractivity contribution in [2.24, 2.45) is 5.73 Å². The molecule has 0 amide bonds. The third-order valence-corrected chi connectivity index (χ3v) is 2.91. The highest BCUT2D eigenvalue weighted by atomic mass is 19.3. The molecule has 1 unspecified atom stereocenters. The van der Waals surface area contributed by atoms with Crippen molar-refractivity contribution >= 4 is 0 Å². The summed E-state index contributed by atoms with van der Waals surface area (Å²) in [5.74, 6) is -2.49. The highest BCUT2D eigenvalue weighted by molar-refractivity contribution is 5.10. The van der Waals surface area contributed by atoms with Crippen molar-refractivity contribution < 1.29 is 8.78 Å². The molecule has 2 saturated heterocycles. The van der Waals surface area contributed by atoms with Gasteiger partial charge in [0, 0.05) is 25.0 Å². The molecule has 11 heavy (non-hydrogen) atoms. The van der Waals surface area contributed by atoms with Gasteiger partial charge in [-0.1, -0.05) is 0 Å². The number of rotatable bonds is 1. The van der Waals surface area contributed by atoms with Crippen LogP contribution in [0.1, 0.15) is 12.8 Å². The Kier molecular flexibility index (Phi) is 1.30. The number of alkyl halides is 2. The molecule has 4 heteroatoms.